The number of hydrogen-bond donors (Lipinski definition) is 0. The third-order valence-electron chi connectivity index (χ3n) is 4.66. The number of nitrogens with zero attached hydrogens (tertiary/aromatic N) is 3. The molecule has 1 heterocycles. The Labute approximate surface area is 129 Å². The molecular formula is C16H21N3O3. The van der Waals surface area contributed by atoms with Crippen LogP contribution in [0.1, 0.15) is 31.4 Å². The van der Waals surface area contributed by atoms with E-state index < -0.39 is 0 Å². The van der Waals surface area contributed by atoms with Crippen LogP contribution in [0.5, 0.6) is 0 Å². The second-order valence-electron chi connectivity index (χ2n) is 6.16. The van der Waals surface area contributed by atoms with Crippen molar-refractivity contribution < 1.29 is 9.72 Å². The highest BCUT2D eigenvalue weighted by molar-refractivity contribution is 5.81. The molecule has 118 valence electrons. The predicted molar refractivity (Wildman–Crippen MR) is 82.4 cm³/mol. The van der Waals surface area contributed by atoms with E-state index in [1.807, 2.05) is 11.0 Å². The van der Waals surface area contributed by atoms with Gasteiger partial charge in [-0.25, -0.2) is 0 Å². The largest absolute Gasteiger partial charge is 0.340 e. The fourth-order valence-electron chi connectivity index (χ4n) is 3.03. The van der Waals surface area contributed by atoms with Crippen LogP contribution in [0.3, 0.4) is 0 Å². The molecule has 1 aliphatic carbocycles. The van der Waals surface area contributed by atoms with E-state index in [2.05, 4.69) is 11.8 Å². The van der Waals surface area contributed by atoms with Crippen LogP contribution in [-0.2, 0) is 4.79 Å². The Hall–Kier alpha value is -1.95. The van der Waals surface area contributed by atoms with E-state index >= 15 is 0 Å². The molecule has 0 N–H and O–H groups in total. The van der Waals surface area contributed by atoms with Crippen molar-refractivity contribution in [1.82, 2.24) is 9.80 Å². The summed E-state index contributed by atoms with van der Waals surface area (Å²) in [4.78, 5) is 26.8. The maximum atomic E-state index is 12.1. The molecule has 1 saturated carbocycles. The molecule has 0 bridgehead atoms. The van der Waals surface area contributed by atoms with Crippen molar-refractivity contribution in [3.63, 3.8) is 0 Å². The second-order valence-corrected chi connectivity index (χ2v) is 6.16. The number of nitro groups is 1. The lowest BCUT2D eigenvalue weighted by Crippen LogP contribution is -2.49. The van der Waals surface area contributed by atoms with E-state index in [9.17, 15) is 14.9 Å². The maximum absolute atomic E-state index is 12.1. The Morgan fingerprint density at radius 2 is 1.95 bits per heavy atom. The molecule has 6 nitrogen and oxygen atoms in total. The van der Waals surface area contributed by atoms with E-state index in [-0.39, 0.29) is 22.6 Å². The van der Waals surface area contributed by atoms with Gasteiger partial charge in [0.2, 0.25) is 5.91 Å². The van der Waals surface area contributed by atoms with E-state index in [0.717, 1.165) is 44.6 Å². The van der Waals surface area contributed by atoms with Crippen LogP contribution in [0.15, 0.2) is 24.3 Å². The van der Waals surface area contributed by atoms with Gasteiger partial charge in [0.15, 0.2) is 0 Å². The molecule has 0 aromatic heterocycles. The standard InChI is InChI=1S/C16H21N3O3/c1-12(14-3-2-4-15(11-14)19(21)22)17-7-9-18(10-8-17)16(20)13-5-6-13/h2-4,11-13H,5-10H2,1H3/t12-/m1/s1. The van der Waals surface area contributed by atoms with Gasteiger partial charge in [-0.1, -0.05) is 12.1 Å². The van der Waals surface area contributed by atoms with Gasteiger partial charge >= 0.3 is 0 Å². The molecule has 1 saturated heterocycles. The van der Waals surface area contributed by atoms with Crippen LogP contribution in [0.25, 0.3) is 0 Å². The van der Waals surface area contributed by atoms with E-state index in [1.165, 1.54) is 6.07 Å². The van der Waals surface area contributed by atoms with Crippen molar-refractivity contribution in [1.29, 1.82) is 0 Å². The molecule has 2 aliphatic rings. The number of carbonyl (C=O) groups is 1. The van der Waals surface area contributed by atoms with Crippen molar-refractivity contribution in [3.05, 3.63) is 39.9 Å². The van der Waals surface area contributed by atoms with Gasteiger partial charge in [0, 0.05) is 50.3 Å². The number of rotatable bonds is 4. The van der Waals surface area contributed by atoms with Crippen molar-refractivity contribution in [2.75, 3.05) is 26.2 Å². The van der Waals surface area contributed by atoms with Crippen molar-refractivity contribution >= 4 is 11.6 Å². The van der Waals surface area contributed by atoms with Crippen LogP contribution in [-0.4, -0.2) is 46.8 Å². The molecule has 2 fully saturated rings. The Balaban J connectivity index is 1.61. The summed E-state index contributed by atoms with van der Waals surface area (Å²) < 4.78 is 0. The molecule has 1 aromatic carbocycles. The summed E-state index contributed by atoms with van der Waals surface area (Å²) in [5.74, 6) is 0.586. The zero-order chi connectivity index (χ0) is 15.7. The second kappa shape index (κ2) is 6.04. The first-order chi connectivity index (χ1) is 10.6. The minimum absolute atomic E-state index is 0.123. The minimum Gasteiger partial charge on any atom is -0.340 e. The third-order valence-corrected chi connectivity index (χ3v) is 4.66. The van der Waals surface area contributed by atoms with Crippen molar-refractivity contribution in [3.8, 4) is 0 Å². The Morgan fingerprint density at radius 3 is 2.55 bits per heavy atom. The van der Waals surface area contributed by atoms with E-state index in [1.54, 1.807) is 12.1 Å². The fraction of sp³-hybridized carbons (Fsp3) is 0.562. The van der Waals surface area contributed by atoms with Crippen LogP contribution in [0.2, 0.25) is 0 Å². The lowest BCUT2D eigenvalue weighted by molar-refractivity contribution is -0.385. The molecule has 1 atom stereocenters. The van der Waals surface area contributed by atoms with Gasteiger partial charge in [-0.05, 0) is 25.3 Å². The average Bonchev–Trinajstić information content (AvgIpc) is 3.38. The smallest absolute Gasteiger partial charge is 0.269 e. The Morgan fingerprint density at radius 1 is 1.27 bits per heavy atom. The monoisotopic (exact) mass is 303 g/mol. The van der Waals surface area contributed by atoms with E-state index in [4.69, 9.17) is 0 Å². The molecule has 22 heavy (non-hydrogen) atoms. The van der Waals surface area contributed by atoms with Gasteiger partial charge < -0.3 is 4.90 Å². The first kappa shape index (κ1) is 15.0. The molecule has 0 unspecified atom stereocenters. The van der Waals surface area contributed by atoms with Gasteiger partial charge in [0.1, 0.15) is 0 Å². The van der Waals surface area contributed by atoms with Gasteiger partial charge in [-0.3, -0.25) is 19.8 Å². The maximum Gasteiger partial charge on any atom is 0.269 e. The van der Waals surface area contributed by atoms with Crippen LogP contribution in [0.4, 0.5) is 5.69 Å². The summed E-state index contributed by atoms with van der Waals surface area (Å²) in [5.41, 5.74) is 1.09. The van der Waals surface area contributed by atoms with Crippen LogP contribution in [0, 0.1) is 16.0 Å². The number of benzene rings is 1. The summed E-state index contributed by atoms with van der Waals surface area (Å²) in [6.45, 7) is 5.23. The zero-order valence-electron chi connectivity index (χ0n) is 12.8. The topological polar surface area (TPSA) is 66.7 Å². The normalized spacial score (nSPS) is 20.7. The zero-order valence-corrected chi connectivity index (χ0v) is 12.8. The van der Waals surface area contributed by atoms with Crippen molar-refractivity contribution in [2.45, 2.75) is 25.8 Å². The molecule has 1 aliphatic heterocycles. The summed E-state index contributed by atoms with van der Waals surface area (Å²) >= 11 is 0. The molecule has 1 aromatic rings. The van der Waals surface area contributed by atoms with Gasteiger partial charge in [0.05, 0.1) is 4.92 Å². The molecule has 0 spiro atoms. The average molecular weight is 303 g/mol. The number of hydrogen-bond acceptors (Lipinski definition) is 4. The molecule has 1 amide bonds. The Kier molecular flexibility index (Phi) is 4.11. The fourth-order valence-corrected chi connectivity index (χ4v) is 3.03. The van der Waals surface area contributed by atoms with Crippen LogP contribution < -0.4 is 0 Å². The van der Waals surface area contributed by atoms with Gasteiger partial charge in [-0.2, -0.15) is 0 Å². The molecule has 3 rings (SSSR count). The summed E-state index contributed by atoms with van der Waals surface area (Å²) in [6.07, 6.45) is 2.09. The predicted octanol–water partition coefficient (Wildman–Crippen LogP) is 2.21. The summed E-state index contributed by atoms with van der Waals surface area (Å²) in [7, 11) is 0. The van der Waals surface area contributed by atoms with Gasteiger partial charge in [0.25, 0.3) is 5.69 Å². The van der Waals surface area contributed by atoms with Crippen LogP contribution >= 0.6 is 0 Å². The van der Waals surface area contributed by atoms with E-state index in [0.29, 0.717) is 5.91 Å². The molecular weight excluding hydrogens is 282 g/mol. The number of amides is 1. The quantitative estimate of drug-likeness (QED) is 0.632. The van der Waals surface area contributed by atoms with Crippen molar-refractivity contribution in [2.24, 2.45) is 5.92 Å². The minimum atomic E-state index is -0.359. The summed E-state index contributed by atoms with van der Waals surface area (Å²) in [5, 5.41) is 10.9. The van der Waals surface area contributed by atoms with Gasteiger partial charge in [-0.15, -0.1) is 0 Å². The third kappa shape index (κ3) is 3.11. The first-order valence-electron chi connectivity index (χ1n) is 7.83. The first-order valence-corrected chi connectivity index (χ1v) is 7.83. The molecule has 0 radical (unpaired) electrons. The lowest BCUT2D eigenvalue weighted by atomic mass is 10.1. The number of carbonyl (C=O) groups excluding carboxylic acids is 1. The molecule has 6 heteroatoms. The highest BCUT2D eigenvalue weighted by Gasteiger charge is 2.35. The Bertz CT molecular complexity index is 578. The number of non-ortho nitro benzene ring substituents is 1. The SMILES string of the molecule is C[C@H](c1cccc([N+](=O)[O-])c1)N1CCN(C(=O)C2CC2)CC1. The lowest BCUT2D eigenvalue weighted by Gasteiger charge is -2.38. The highest BCUT2D eigenvalue weighted by Crippen LogP contribution is 2.32. The number of nitro benzene ring substituents is 1. The summed E-state index contributed by atoms with van der Waals surface area (Å²) in [6, 6.07) is 6.95. The highest BCUT2D eigenvalue weighted by atomic mass is 16.6. The number of piperazine rings is 1.